The Balaban J connectivity index is 1.42. The molecule has 2 heterocycles. The number of rotatable bonds is 4. The Morgan fingerprint density at radius 2 is 1.96 bits per heavy atom. The third-order valence-corrected chi connectivity index (χ3v) is 4.29. The zero-order valence-electron chi connectivity index (χ0n) is 13.8. The Hall–Kier alpha value is -2.66. The van der Waals surface area contributed by atoms with Gasteiger partial charge in [0.2, 0.25) is 5.88 Å². The van der Waals surface area contributed by atoms with Crippen molar-refractivity contribution in [2.45, 2.75) is 6.54 Å². The number of aromatic nitrogens is 1. The van der Waals surface area contributed by atoms with Crippen LogP contribution in [0.15, 0.2) is 54.6 Å². The molecule has 1 aromatic heterocycles. The molecule has 25 heavy (non-hydrogen) atoms. The first-order valence-electron chi connectivity index (χ1n) is 8.40. The van der Waals surface area contributed by atoms with E-state index in [4.69, 9.17) is 9.47 Å². The van der Waals surface area contributed by atoms with Crippen LogP contribution in [-0.2, 0) is 6.54 Å². The number of benzene rings is 2. The molecule has 2 aromatic carbocycles. The Kier molecular flexibility index (Phi) is 4.48. The molecule has 0 aliphatic carbocycles. The lowest BCUT2D eigenvalue weighted by atomic mass is 10.1. The van der Waals surface area contributed by atoms with Crippen LogP contribution in [-0.4, -0.2) is 36.2 Å². The predicted molar refractivity (Wildman–Crippen MR) is 94.4 cm³/mol. The standard InChI is InChI=1S/C20H19FN2O2/c21-17-5-7-18(8-6-17)24-11-9-23-10-12-25-20-16(14-23)13-15-3-1-2-4-19(15)22-20/h1-8,13H,9-12,14H2. The first-order valence-corrected chi connectivity index (χ1v) is 8.40. The summed E-state index contributed by atoms with van der Waals surface area (Å²) < 4.78 is 24.4. The van der Waals surface area contributed by atoms with Crippen LogP contribution in [0.2, 0.25) is 0 Å². The third-order valence-electron chi connectivity index (χ3n) is 4.29. The van der Waals surface area contributed by atoms with Crippen molar-refractivity contribution in [2.75, 3.05) is 26.3 Å². The van der Waals surface area contributed by atoms with Crippen LogP contribution in [0.3, 0.4) is 0 Å². The van der Waals surface area contributed by atoms with Crippen molar-refractivity contribution in [3.8, 4) is 11.6 Å². The Bertz CT molecular complexity index is 867. The molecule has 0 saturated heterocycles. The number of hydrogen-bond donors (Lipinski definition) is 0. The maximum absolute atomic E-state index is 12.9. The zero-order valence-corrected chi connectivity index (χ0v) is 13.8. The molecule has 0 amide bonds. The second-order valence-electron chi connectivity index (χ2n) is 6.07. The SMILES string of the molecule is Fc1ccc(OCCN2CCOc3nc4ccccc4cc3C2)cc1. The molecule has 0 N–H and O–H groups in total. The fraction of sp³-hybridized carbons (Fsp3) is 0.250. The lowest BCUT2D eigenvalue weighted by Gasteiger charge is -2.19. The molecule has 0 bridgehead atoms. The van der Waals surface area contributed by atoms with Crippen molar-refractivity contribution < 1.29 is 13.9 Å². The number of fused-ring (bicyclic) bond motifs is 2. The van der Waals surface area contributed by atoms with Gasteiger partial charge < -0.3 is 9.47 Å². The highest BCUT2D eigenvalue weighted by molar-refractivity contribution is 5.80. The van der Waals surface area contributed by atoms with Gasteiger partial charge in [-0.2, -0.15) is 0 Å². The van der Waals surface area contributed by atoms with Crippen LogP contribution in [0.25, 0.3) is 10.9 Å². The van der Waals surface area contributed by atoms with Gasteiger partial charge in [0.1, 0.15) is 24.8 Å². The quantitative estimate of drug-likeness (QED) is 0.727. The smallest absolute Gasteiger partial charge is 0.218 e. The molecule has 3 aromatic rings. The molecular weight excluding hydrogens is 319 g/mol. The predicted octanol–water partition coefficient (Wildman–Crippen LogP) is 3.65. The minimum Gasteiger partial charge on any atom is -0.492 e. The lowest BCUT2D eigenvalue weighted by Crippen LogP contribution is -2.30. The number of nitrogens with zero attached hydrogens (tertiary/aromatic N) is 2. The van der Waals surface area contributed by atoms with Crippen molar-refractivity contribution in [1.82, 2.24) is 9.88 Å². The molecule has 0 radical (unpaired) electrons. The van der Waals surface area contributed by atoms with Gasteiger partial charge in [0.25, 0.3) is 0 Å². The monoisotopic (exact) mass is 338 g/mol. The first-order chi connectivity index (χ1) is 12.3. The average Bonchev–Trinajstić information content (AvgIpc) is 2.83. The van der Waals surface area contributed by atoms with E-state index in [9.17, 15) is 4.39 Å². The minimum atomic E-state index is -0.256. The van der Waals surface area contributed by atoms with Gasteiger partial charge in [-0.15, -0.1) is 0 Å². The van der Waals surface area contributed by atoms with E-state index in [2.05, 4.69) is 22.0 Å². The molecule has 0 saturated carbocycles. The summed E-state index contributed by atoms with van der Waals surface area (Å²) in [6, 6.07) is 16.3. The van der Waals surface area contributed by atoms with Gasteiger partial charge in [-0.3, -0.25) is 4.90 Å². The van der Waals surface area contributed by atoms with Crippen LogP contribution in [0.1, 0.15) is 5.56 Å². The summed E-state index contributed by atoms with van der Waals surface area (Å²) >= 11 is 0. The van der Waals surface area contributed by atoms with Crippen LogP contribution < -0.4 is 9.47 Å². The minimum absolute atomic E-state index is 0.256. The van der Waals surface area contributed by atoms with Crippen molar-refractivity contribution in [3.05, 3.63) is 66.0 Å². The van der Waals surface area contributed by atoms with E-state index in [1.54, 1.807) is 12.1 Å². The van der Waals surface area contributed by atoms with Crippen LogP contribution in [0.5, 0.6) is 11.6 Å². The summed E-state index contributed by atoms with van der Waals surface area (Å²) in [6.45, 7) is 3.52. The van der Waals surface area contributed by atoms with Gasteiger partial charge in [0.15, 0.2) is 0 Å². The maximum Gasteiger partial charge on any atom is 0.218 e. The van der Waals surface area contributed by atoms with Gasteiger partial charge in [0, 0.05) is 30.6 Å². The van der Waals surface area contributed by atoms with E-state index >= 15 is 0 Å². The summed E-state index contributed by atoms with van der Waals surface area (Å²) in [4.78, 5) is 6.91. The zero-order chi connectivity index (χ0) is 17.1. The molecule has 5 heteroatoms. The fourth-order valence-electron chi connectivity index (χ4n) is 2.99. The van der Waals surface area contributed by atoms with Gasteiger partial charge in [-0.25, -0.2) is 9.37 Å². The summed E-state index contributed by atoms with van der Waals surface area (Å²) in [6.07, 6.45) is 0. The molecule has 1 aliphatic rings. The number of para-hydroxylation sites is 1. The van der Waals surface area contributed by atoms with Crippen LogP contribution >= 0.6 is 0 Å². The molecule has 128 valence electrons. The largest absolute Gasteiger partial charge is 0.492 e. The average molecular weight is 338 g/mol. The maximum atomic E-state index is 12.9. The summed E-state index contributed by atoms with van der Waals surface area (Å²) in [7, 11) is 0. The van der Waals surface area contributed by atoms with Crippen LogP contribution in [0, 0.1) is 5.82 Å². The van der Waals surface area contributed by atoms with E-state index in [1.807, 2.05) is 18.2 Å². The molecule has 0 spiro atoms. The van der Waals surface area contributed by atoms with E-state index in [-0.39, 0.29) is 5.82 Å². The van der Waals surface area contributed by atoms with E-state index in [1.165, 1.54) is 12.1 Å². The van der Waals surface area contributed by atoms with Crippen molar-refractivity contribution in [2.24, 2.45) is 0 Å². The number of pyridine rings is 1. The van der Waals surface area contributed by atoms with E-state index in [0.29, 0.717) is 19.0 Å². The molecule has 0 fully saturated rings. The van der Waals surface area contributed by atoms with E-state index < -0.39 is 0 Å². The molecule has 1 aliphatic heterocycles. The normalized spacial score (nSPS) is 14.6. The van der Waals surface area contributed by atoms with Crippen LogP contribution in [0.4, 0.5) is 4.39 Å². The second-order valence-corrected chi connectivity index (χ2v) is 6.07. The topological polar surface area (TPSA) is 34.6 Å². The lowest BCUT2D eigenvalue weighted by molar-refractivity contribution is 0.185. The summed E-state index contributed by atoms with van der Waals surface area (Å²) in [5.74, 6) is 1.15. The van der Waals surface area contributed by atoms with Crippen molar-refractivity contribution in [3.63, 3.8) is 0 Å². The fourth-order valence-corrected chi connectivity index (χ4v) is 2.99. The highest BCUT2D eigenvalue weighted by Crippen LogP contribution is 2.25. The number of hydrogen-bond acceptors (Lipinski definition) is 4. The van der Waals surface area contributed by atoms with Gasteiger partial charge in [0.05, 0.1) is 5.52 Å². The number of halogens is 1. The van der Waals surface area contributed by atoms with E-state index in [0.717, 1.165) is 42.0 Å². The van der Waals surface area contributed by atoms with Crippen molar-refractivity contribution >= 4 is 10.9 Å². The Morgan fingerprint density at radius 3 is 2.84 bits per heavy atom. The highest BCUT2D eigenvalue weighted by Gasteiger charge is 2.17. The Morgan fingerprint density at radius 1 is 1.12 bits per heavy atom. The Labute approximate surface area is 145 Å². The van der Waals surface area contributed by atoms with Gasteiger partial charge >= 0.3 is 0 Å². The molecular formula is C20H19FN2O2. The highest BCUT2D eigenvalue weighted by atomic mass is 19.1. The number of ether oxygens (including phenoxy) is 2. The van der Waals surface area contributed by atoms with Crippen molar-refractivity contribution in [1.29, 1.82) is 0 Å². The second kappa shape index (κ2) is 7.07. The molecule has 4 rings (SSSR count). The first kappa shape index (κ1) is 15.8. The molecule has 0 atom stereocenters. The van der Waals surface area contributed by atoms with Gasteiger partial charge in [-0.1, -0.05) is 18.2 Å². The molecule has 4 nitrogen and oxygen atoms in total. The summed E-state index contributed by atoms with van der Waals surface area (Å²) in [5.41, 5.74) is 2.05. The summed E-state index contributed by atoms with van der Waals surface area (Å²) in [5, 5.41) is 1.12. The van der Waals surface area contributed by atoms with Gasteiger partial charge in [-0.05, 0) is 36.4 Å². The molecule has 0 unspecified atom stereocenters. The third kappa shape index (κ3) is 3.72.